The maximum atomic E-state index is 11.9. The number of benzene rings is 2. The molecule has 0 unspecified atom stereocenters. The molecule has 2 aromatic carbocycles. The topological polar surface area (TPSA) is 58.6 Å². The molecule has 0 saturated heterocycles. The summed E-state index contributed by atoms with van der Waals surface area (Å²) in [5.41, 5.74) is 4.83. The third kappa shape index (κ3) is 3.22. The van der Waals surface area contributed by atoms with Crippen molar-refractivity contribution < 1.29 is 14.6 Å². The van der Waals surface area contributed by atoms with Crippen molar-refractivity contribution >= 4 is 6.09 Å². The first-order chi connectivity index (χ1) is 11.2. The Kier molecular flexibility index (Phi) is 4.63. The Morgan fingerprint density at radius 2 is 1.70 bits per heavy atom. The normalized spacial score (nSPS) is 14.0. The highest BCUT2D eigenvalue weighted by Gasteiger charge is 2.29. The fourth-order valence-corrected chi connectivity index (χ4v) is 3.11. The molecule has 0 heterocycles. The average Bonchev–Trinajstić information content (AvgIpc) is 2.87. The van der Waals surface area contributed by atoms with E-state index in [-0.39, 0.29) is 18.6 Å². The number of amides is 1. The van der Waals surface area contributed by atoms with Crippen LogP contribution in [0.5, 0.6) is 0 Å². The van der Waals surface area contributed by atoms with Crippen molar-refractivity contribution in [2.45, 2.75) is 25.3 Å². The molecule has 1 atom stereocenters. The molecule has 120 valence electrons. The van der Waals surface area contributed by atoms with Crippen molar-refractivity contribution in [2.24, 2.45) is 0 Å². The molecule has 0 spiro atoms. The molecule has 23 heavy (non-hydrogen) atoms. The second kappa shape index (κ2) is 6.84. The molecule has 1 aliphatic carbocycles. The number of rotatable bonds is 5. The van der Waals surface area contributed by atoms with Crippen LogP contribution in [-0.2, 0) is 4.74 Å². The van der Waals surface area contributed by atoms with Gasteiger partial charge < -0.3 is 15.2 Å². The fourth-order valence-electron chi connectivity index (χ4n) is 3.11. The second-order valence-electron chi connectivity index (χ2n) is 5.88. The van der Waals surface area contributed by atoms with Crippen LogP contribution in [0.4, 0.5) is 4.79 Å². The number of hydrogen-bond donors (Lipinski definition) is 2. The highest BCUT2D eigenvalue weighted by atomic mass is 16.5. The van der Waals surface area contributed by atoms with Crippen LogP contribution in [0.15, 0.2) is 48.5 Å². The number of carbonyl (C=O) groups excluding carboxylic acids is 1. The van der Waals surface area contributed by atoms with Crippen LogP contribution < -0.4 is 5.32 Å². The Hall–Kier alpha value is -2.33. The lowest BCUT2D eigenvalue weighted by Crippen LogP contribution is -2.34. The zero-order valence-electron chi connectivity index (χ0n) is 13.2. The Morgan fingerprint density at radius 3 is 2.26 bits per heavy atom. The van der Waals surface area contributed by atoms with Gasteiger partial charge in [-0.1, -0.05) is 48.5 Å². The lowest BCUT2D eigenvalue weighted by atomic mass is 9.98. The molecule has 4 heteroatoms. The Bertz CT molecular complexity index is 653. The number of hydrogen-bond acceptors (Lipinski definition) is 3. The smallest absolute Gasteiger partial charge is 0.407 e. The summed E-state index contributed by atoms with van der Waals surface area (Å²) in [7, 11) is 0. The van der Waals surface area contributed by atoms with Crippen molar-refractivity contribution in [2.75, 3.05) is 13.2 Å². The van der Waals surface area contributed by atoms with Crippen molar-refractivity contribution in [1.29, 1.82) is 0 Å². The third-order valence-corrected chi connectivity index (χ3v) is 4.27. The third-order valence-electron chi connectivity index (χ3n) is 4.27. The van der Waals surface area contributed by atoms with Crippen molar-refractivity contribution in [3.05, 3.63) is 59.7 Å². The fraction of sp³-hybridized carbons (Fsp3) is 0.316. The summed E-state index contributed by atoms with van der Waals surface area (Å²) < 4.78 is 5.42. The Labute approximate surface area is 136 Å². The summed E-state index contributed by atoms with van der Waals surface area (Å²) in [6.07, 6.45) is 0.0808. The number of aliphatic hydroxyl groups excluding tert-OH is 1. The first-order valence-electron chi connectivity index (χ1n) is 7.93. The highest BCUT2D eigenvalue weighted by Crippen LogP contribution is 2.44. The molecule has 2 aromatic rings. The second-order valence-corrected chi connectivity index (χ2v) is 5.88. The van der Waals surface area contributed by atoms with Gasteiger partial charge in [0.1, 0.15) is 6.61 Å². The predicted octanol–water partition coefficient (Wildman–Crippen LogP) is 3.30. The van der Waals surface area contributed by atoms with Gasteiger partial charge in [-0.2, -0.15) is 0 Å². The molecular formula is C19H21NO3. The lowest BCUT2D eigenvalue weighted by molar-refractivity contribution is 0.138. The summed E-state index contributed by atoms with van der Waals surface area (Å²) in [6.45, 7) is 2.20. The van der Waals surface area contributed by atoms with E-state index < -0.39 is 6.09 Å². The SMILES string of the molecule is C[C@@H](CCO)NC(=O)OCC1c2ccccc2-c2ccccc21. The first-order valence-corrected chi connectivity index (χ1v) is 7.93. The lowest BCUT2D eigenvalue weighted by Gasteiger charge is -2.16. The largest absolute Gasteiger partial charge is 0.449 e. The molecule has 2 N–H and O–H groups in total. The van der Waals surface area contributed by atoms with Gasteiger partial charge >= 0.3 is 6.09 Å². The summed E-state index contributed by atoms with van der Waals surface area (Å²) >= 11 is 0. The van der Waals surface area contributed by atoms with Crippen LogP contribution in [-0.4, -0.2) is 30.5 Å². The van der Waals surface area contributed by atoms with Gasteiger partial charge in [0.25, 0.3) is 0 Å². The molecule has 0 fully saturated rings. The molecule has 4 nitrogen and oxygen atoms in total. The maximum absolute atomic E-state index is 11.9. The molecule has 0 saturated carbocycles. The van der Waals surface area contributed by atoms with E-state index in [9.17, 15) is 4.79 Å². The average molecular weight is 311 g/mol. The number of aliphatic hydroxyl groups is 1. The van der Waals surface area contributed by atoms with Gasteiger partial charge in [-0.3, -0.25) is 0 Å². The standard InChI is InChI=1S/C19H21NO3/c1-13(10-11-21)20-19(22)23-12-18-16-8-4-2-6-14(16)15-7-3-5-9-17(15)18/h2-9,13,18,21H,10-12H2,1H3,(H,20,22)/t13-/m0/s1. The number of nitrogens with one attached hydrogen (secondary N) is 1. The monoisotopic (exact) mass is 311 g/mol. The quantitative estimate of drug-likeness (QED) is 0.891. The minimum Gasteiger partial charge on any atom is -0.449 e. The molecule has 3 rings (SSSR count). The van der Waals surface area contributed by atoms with Crippen LogP contribution in [0.25, 0.3) is 11.1 Å². The van der Waals surface area contributed by atoms with Gasteiger partial charge in [0, 0.05) is 18.6 Å². The predicted molar refractivity (Wildman–Crippen MR) is 89.4 cm³/mol. The molecule has 1 aliphatic rings. The van der Waals surface area contributed by atoms with Crippen LogP contribution in [0, 0.1) is 0 Å². The van der Waals surface area contributed by atoms with Crippen LogP contribution >= 0.6 is 0 Å². The Balaban J connectivity index is 1.72. The van der Waals surface area contributed by atoms with E-state index >= 15 is 0 Å². The van der Waals surface area contributed by atoms with E-state index in [1.165, 1.54) is 22.3 Å². The molecule has 0 radical (unpaired) electrons. The van der Waals surface area contributed by atoms with Gasteiger partial charge in [-0.25, -0.2) is 4.79 Å². The van der Waals surface area contributed by atoms with E-state index in [4.69, 9.17) is 9.84 Å². The van der Waals surface area contributed by atoms with Gasteiger partial charge in [0.2, 0.25) is 0 Å². The number of alkyl carbamates (subject to hydrolysis) is 1. The summed E-state index contributed by atoms with van der Waals surface area (Å²) in [4.78, 5) is 11.9. The number of carbonyl (C=O) groups is 1. The highest BCUT2D eigenvalue weighted by molar-refractivity contribution is 5.79. The Morgan fingerprint density at radius 1 is 1.13 bits per heavy atom. The molecule has 0 aromatic heterocycles. The van der Waals surface area contributed by atoms with Crippen LogP contribution in [0.2, 0.25) is 0 Å². The summed E-state index contributed by atoms with van der Waals surface area (Å²) in [5, 5.41) is 11.6. The van der Waals surface area contributed by atoms with Crippen LogP contribution in [0.3, 0.4) is 0 Å². The van der Waals surface area contributed by atoms with Gasteiger partial charge in [0.15, 0.2) is 0 Å². The first kappa shape index (κ1) is 15.6. The summed E-state index contributed by atoms with van der Waals surface area (Å²) in [6, 6.07) is 16.4. The molecule has 1 amide bonds. The van der Waals surface area contributed by atoms with Crippen molar-refractivity contribution in [1.82, 2.24) is 5.32 Å². The van der Waals surface area contributed by atoms with Gasteiger partial charge in [-0.15, -0.1) is 0 Å². The van der Waals surface area contributed by atoms with Crippen molar-refractivity contribution in [3.63, 3.8) is 0 Å². The number of ether oxygens (including phenoxy) is 1. The van der Waals surface area contributed by atoms with E-state index in [1.54, 1.807) is 0 Å². The number of fused-ring (bicyclic) bond motifs is 3. The zero-order valence-corrected chi connectivity index (χ0v) is 13.2. The van der Waals surface area contributed by atoms with Crippen LogP contribution in [0.1, 0.15) is 30.4 Å². The van der Waals surface area contributed by atoms with Gasteiger partial charge in [-0.05, 0) is 35.6 Å². The molecule has 0 aliphatic heterocycles. The van der Waals surface area contributed by atoms with E-state index in [0.29, 0.717) is 13.0 Å². The maximum Gasteiger partial charge on any atom is 0.407 e. The summed E-state index contributed by atoms with van der Waals surface area (Å²) in [5.74, 6) is 0.0706. The minimum atomic E-state index is -0.437. The van der Waals surface area contributed by atoms with E-state index in [1.807, 2.05) is 31.2 Å². The molecular weight excluding hydrogens is 290 g/mol. The van der Waals surface area contributed by atoms with Gasteiger partial charge in [0.05, 0.1) is 0 Å². The molecule has 0 bridgehead atoms. The van der Waals surface area contributed by atoms with E-state index in [0.717, 1.165) is 0 Å². The zero-order chi connectivity index (χ0) is 16.2. The van der Waals surface area contributed by atoms with Crippen molar-refractivity contribution in [3.8, 4) is 11.1 Å². The van der Waals surface area contributed by atoms with E-state index in [2.05, 4.69) is 29.6 Å². The minimum absolute atomic E-state index is 0.0465.